The molecular weight excluding hydrogens is 364 g/mol. The molecule has 1 amide bonds. The number of rotatable bonds is 6. The number of hydrogen-bond acceptors (Lipinski definition) is 7. The number of benzene rings is 2. The maximum Gasteiger partial charge on any atom is 0.234 e. The monoisotopic (exact) mass is 380 g/mol. The molecular formula is C18H16N6O2S. The number of anilines is 1. The zero-order chi connectivity index (χ0) is 19.2. The van der Waals surface area contributed by atoms with Crippen LogP contribution in [0.4, 0.5) is 5.69 Å². The van der Waals surface area contributed by atoms with Crippen molar-refractivity contribution in [1.82, 2.24) is 20.2 Å². The van der Waals surface area contributed by atoms with Crippen LogP contribution >= 0.6 is 11.8 Å². The van der Waals surface area contributed by atoms with Crippen LogP contribution < -0.4 is 10.1 Å². The Morgan fingerprint density at radius 1 is 1.30 bits per heavy atom. The van der Waals surface area contributed by atoms with Gasteiger partial charge in [0.05, 0.1) is 24.5 Å². The molecule has 0 unspecified atom stereocenters. The van der Waals surface area contributed by atoms with Crippen LogP contribution in [0.15, 0.2) is 47.6 Å². The van der Waals surface area contributed by atoms with Crippen molar-refractivity contribution >= 4 is 23.4 Å². The summed E-state index contributed by atoms with van der Waals surface area (Å²) in [5.41, 5.74) is 2.90. The maximum atomic E-state index is 12.2. The third kappa shape index (κ3) is 4.43. The summed E-state index contributed by atoms with van der Waals surface area (Å²) < 4.78 is 6.92. The molecule has 136 valence electrons. The summed E-state index contributed by atoms with van der Waals surface area (Å²) in [5.74, 6) is 0.571. The first-order valence-electron chi connectivity index (χ1n) is 7.97. The zero-order valence-electron chi connectivity index (χ0n) is 14.7. The number of nitriles is 1. The van der Waals surface area contributed by atoms with Gasteiger partial charge < -0.3 is 10.1 Å². The molecule has 0 fully saturated rings. The van der Waals surface area contributed by atoms with Crippen molar-refractivity contribution < 1.29 is 9.53 Å². The van der Waals surface area contributed by atoms with E-state index in [-0.39, 0.29) is 11.7 Å². The highest BCUT2D eigenvalue weighted by Gasteiger charge is 2.15. The SMILES string of the molecule is COc1ccc(C)cc1-n1nnnc1SCC(=O)Nc1ccc(C#N)cc1. The molecule has 0 aliphatic rings. The number of methoxy groups -OCH3 is 1. The number of amides is 1. The van der Waals surface area contributed by atoms with Crippen molar-refractivity contribution in [3.8, 4) is 17.5 Å². The Morgan fingerprint density at radius 3 is 2.78 bits per heavy atom. The highest BCUT2D eigenvalue weighted by atomic mass is 32.2. The number of hydrogen-bond donors (Lipinski definition) is 1. The Balaban J connectivity index is 1.69. The number of carbonyl (C=O) groups is 1. The van der Waals surface area contributed by atoms with E-state index in [1.54, 1.807) is 36.1 Å². The Labute approximate surface area is 160 Å². The Hall–Kier alpha value is -3.38. The van der Waals surface area contributed by atoms with Crippen molar-refractivity contribution in [3.63, 3.8) is 0 Å². The molecule has 0 atom stereocenters. The number of thioether (sulfide) groups is 1. The number of ether oxygens (including phenoxy) is 1. The first kappa shape index (κ1) is 18.4. The number of carbonyl (C=O) groups excluding carboxylic acids is 1. The molecule has 0 radical (unpaired) electrons. The van der Waals surface area contributed by atoms with Gasteiger partial charge in [0, 0.05) is 5.69 Å². The van der Waals surface area contributed by atoms with E-state index in [0.29, 0.717) is 27.8 Å². The highest BCUT2D eigenvalue weighted by Crippen LogP contribution is 2.27. The van der Waals surface area contributed by atoms with Gasteiger partial charge in [-0.2, -0.15) is 9.94 Å². The van der Waals surface area contributed by atoms with Gasteiger partial charge in [-0.05, 0) is 59.3 Å². The fourth-order valence-electron chi connectivity index (χ4n) is 2.34. The molecule has 0 aliphatic carbocycles. The van der Waals surface area contributed by atoms with Crippen LogP contribution in [0, 0.1) is 18.3 Å². The largest absolute Gasteiger partial charge is 0.494 e. The average Bonchev–Trinajstić information content (AvgIpc) is 3.15. The lowest BCUT2D eigenvalue weighted by molar-refractivity contribution is -0.113. The van der Waals surface area contributed by atoms with E-state index in [4.69, 9.17) is 10.00 Å². The van der Waals surface area contributed by atoms with Crippen molar-refractivity contribution in [1.29, 1.82) is 5.26 Å². The van der Waals surface area contributed by atoms with E-state index in [1.165, 1.54) is 11.8 Å². The van der Waals surface area contributed by atoms with Crippen molar-refractivity contribution in [3.05, 3.63) is 53.6 Å². The summed E-state index contributed by atoms with van der Waals surface area (Å²) in [6, 6.07) is 14.4. The van der Waals surface area contributed by atoms with E-state index in [2.05, 4.69) is 20.8 Å². The van der Waals surface area contributed by atoms with Crippen LogP contribution in [0.3, 0.4) is 0 Å². The van der Waals surface area contributed by atoms with Gasteiger partial charge in [0.1, 0.15) is 11.4 Å². The summed E-state index contributed by atoms with van der Waals surface area (Å²) >= 11 is 1.22. The van der Waals surface area contributed by atoms with Crippen molar-refractivity contribution in [2.45, 2.75) is 12.1 Å². The summed E-state index contributed by atoms with van der Waals surface area (Å²) in [6.07, 6.45) is 0. The van der Waals surface area contributed by atoms with Crippen LogP contribution in [0.1, 0.15) is 11.1 Å². The van der Waals surface area contributed by atoms with Crippen LogP contribution in [0.25, 0.3) is 5.69 Å². The third-order valence-corrected chi connectivity index (χ3v) is 4.55. The molecule has 1 heterocycles. The smallest absolute Gasteiger partial charge is 0.234 e. The van der Waals surface area contributed by atoms with E-state index in [1.807, 2.05) is 31.2 Å². The molecule has 2 aromatic carbocycles. The molecule has 1 N–H and O–H groups in total. The quantitative estimate of drug-likeness (QED) is 0.655. The molecule has 27 heavy (non-hydrogen) atoms. The molecule has 0 bridgehead atoms. The van der Waals surface area contributed by atoms with Crippen LogP contribution in [-0.4, -0.2) is 39.0 Å². The second-order valence-corrected chi connectivity index (χ2v) is 6.52. The summed E-state index contributed by atoms with van der Waals surface area (Å²) in [7, 11) is 1.58. The van der Waals surface area contributed by atoms with E-state index in [0.717, 1.165) is 5.56 Å². The van der Waals surface area contributed by atoms with Gasteiger partial charge in [-0.15, -0.1) is 5.10 Å². The van der Waals surface area contributed by atoms with Gasteiger partial charge in [-0.3, -0.25) is 4.79 Å². The van der Waals surface area contributed by atoms with Crippen LogP contribution in [0.2, 0.25) is 0 Å². The maximum absolute atomic E-state index is 12.2. The molecule has 9 heteroatoms. The number of aromatic nitrogens is 4. The van der Waals surface area contributed by atoms with Crippen LogP contribution in [0.5, 0.6) is 5.75 Å². The lowest BCUT2D eigenvalue weighted by Crippen LogP contribution is -2.14. The first-order chi connectivity index (χ1) is 13.1. The van der Waals surface area contributed by atoms with Gasteiger partial charge in [0.15, 0.2) is 0 Å². The standard InChI is InChI=1S/C18H16N6O2S/c1-12-3-8-16(26-2)15(9-12)24-18(21-22-23-24)27-11-17(25)20-14-6-4-13(10-19)5-7-14/h3-9H,11H2,1-2H3,(H,20,25). The van der Waals surface area contributed by atoms with Gasteiger partial charge in [-0.1, -0.05) is 17.8 Å². The first-order valence-corrected chi connectivity index (χ1v) is 8.95. The van der Waals surface area contributed by atoms with Gasteiger partial charge in [0.2, 0.25) is 11.1 Å². The van der Waals surface area contributed by atoms with Gasteiger partial charge in [-0.25, -0.2) is 0 Å². The Bertz CT molecular complexity index is 994. The predicted octanol–water partition coefficient (Wildman–Crippen LogP) is 2.58. The second kappa shape index (κ2) is 8.33. The van der Waals surface area contributed by atoms with Crippen molar-refractivity contribution in [2.24, 2.45) is 0 Å². The summed E-state index contributed by atoms with van der Waals surface area (Å²) in [6.45, 7) is 1.96. The van der Waals surface area contributed by atoms with Gasteiger partial charge >= 0.3 is 0 Å². The molecule has 0 aliphatic heterocycles. The number of nitrogens with zero attached hydrogens (tertiary/aromatic N) is 5. The predicted molar refractivity (Wildman–Crippen MR) is 101 cm³/mol. The minimum atomic E-state index is -0.199. The molecule has 1 aromatic heterocycles. The van der Waals surface area contributed by atoms with E-state index >= 15 is 0 Å². The lowest BCUT2D eigenvalue weighted by atomic mass is 10.2. The molecule has 3 rings (SSSR count). The minimum Gasteiger partial charge on any atom is -0.494 e. The van der Waals surface area contributed by atoms with Crippen molar-refractivity contribution in [2.75, 3.05) is 18.2 Å². The number of tetrazole rings is 1. The number of nitrogens with one attached hydrogen (secondary N) is 1. The fourth-order valence-corrected chi connectivity index (χ4v) is 3.02. The normalized spacial score (nSPS) is 10.3. The van der Waals surface area contributed by atoms with Gasteiger partial charge in [0.25, 0.3) is 0 Å². The summed E-state index contributed by atoms with van der Waals surface area (Å²) in [4.78, 5) is 12.2. The minimum absolute atomic E-state index is 0.133. The average molecular weight is 380 g/mol. The Morgan fingerprint density at radius 2 is 2.07 bits per heavy atom. The molecule has 0 saturated carbocycles. The lowest BCUT2D eigenvalue weighted by Gasteiger charge is -2.10. The van der Waals surface area contributed by atoms with Crippen LogP contribution in [-0.2, 0) is 4.79 Å². The molecule has 0 spiro atoms. The topological polar surface area (TPSA) is 106 Å². The van der Waals surface area contributed by atoms with E-state index in [9.17, 15) is 4.79 Å². The second-order valence-electron chi connectivity index (χ2n) is 5.57. The molecule has 3 aromatic rings. The molecule has 0 saturated heterocycles. The summed E-state index contributed by atoms with van der Waals surface area (Å²) in [5, 5.41) is 23.8. The highest BCUT2D eigenvalue weighted by molar-refractivity contribution is 7.99. The molecule has 8 nitrogen and oxygen atoms in total. The Kier molecular flexibility index (Phi) is 5.68. The number of aryl methyl sites for hydroxylation is 1. The zero-order valence-corrected chi connectivity index (χ0v) is 15.5. The fraction of sp³-hybridized carbons (Fsp3) is 0.167. The third-order valence-electron chi connectivity index (χ3n) is 3.63. The van der Waals surface area contributed by atoms with E-state index < -0.39 is 0 Å².